The molecule has 230 valence electrons. The third-order valence-electron chi connectivity index (χ3n) is 7.58. The third kappa shape index (κ3) is 32.5. The summed E-state index contributed by atoms with van der Waals surface area (Å²) in [4.78, 5) is 0. The number of rotatable bonds is 34. The van der Waals surface area contributed by atoms with Crippen molar-refractivity contribution in [2.75, 3.05) is 19.8 Å². The largest absolute Gasteiger partial charge is 0.332 e. The van der Waals surface area contributed by atoms with E-state index < -0.39 is 8.60 Å². The Bertz CT molecular complexity index is 377. The molecule has 0 saturated heterocycles. The van der Waals surface area contributed by atoms with Crippen LogP contribution in [0.3, 0.4) is 0 Å². The first-order chi connectivity index (χ1) is 18.8. The van der Waals surface area contributed by atoms with E-state index in [4.69, 9.17) is 13.6 Å². The molecule has 0 aromatic heterocycles. The highest BCUT2D eigenvalue weighted by molar-refractivity contribution is 7.41. The maximum absolute atomic E-state index is 6.07. The Morgan fingerprint density at radius 3 is 0.684 bits per heavy atom. The summed E-state index contributed by atoms with van der Waals surface area (Å²) in [7, 11) is -1.16. The lowest BCUT2D eigenvalue weighted by atomic mass is 10.1. The van der Waals surface area contributed by atoms with E-state index in [-0.39, 0.29) is 0 Å². The van der Waals surface area contributed by atoms with Crippen molar-refractivity contribution >= 4 is 8.60 Å². The first-order valence-corrected chi connectivity index (χ1v) is 18.6. The Labute approximate surface area is 242 Å². The summed E-state index contributed by atoms with van der Waals surface area (Å²) in [5.74, 6) is 0. The van der Waals surface area contributed by atoms with Crippen LogP contribution in [0.5, 0.6) is 0 Å². The normalized spacial score (nSPS) is 11.7. The van der Waals surface area contributed by atoms with Gasteiger partial charge in [-0.25, -0.2) is 0 Å². The lowest BCUT2D eigenvalue weighted by molar-refractivity contribution is 0.154. The van der Waals surface area contributed by atoms with Crippen molar-refractivity contribution in [3.05, 3.63) is 0 Å². The molecule has 0 aliphatic carbocycles. The summed E-state index contributed by atoms with van der Waals surface area (Å²) in [6, 6.07) is 0. The molecule has 0 bridgehead atoms. The van der Waals surface area contributed by atoms with Gasteiger partial charge < -0.3 is 13.6 Å². The average molecular weight is 559 g/mol. The number of hydrogen-bond acceptors (Lipinski definition) is 3. The monoisotopic (exact) mass is 559 g/mol. The molecule has 0 saturated carbocycles. The molecular weight excluding hydrogens is 487 g/mol. The molecule has 0 radical (unpaired) electrons. The van der Waals surface area contributed by atoms with Crippen molar-refractivity contribution in [2.24, 2.45) is 0 Å². The van der Waals surface area contributed by atoms with Crippen molar-refractivity contribution in [1.82, 2.24) is 0 Å². The topological polar surface area (TPSA) is 27.7 Å². The highest BCUT2D eigenvalue weighted by Crippen LogP contribution is 2.40. The first-order valence-electron chi connectivity index (χ1n) is 17.5. The van der Waals surface area contributed by atoms with Gasteiger partial charge in [0.25, 0.3) is 0 Å². The second-order valence-corrected chi connectivity index (χ2v) is 12.8. The van der Waals surface area contributed by atoms with Crippen LogP contribution in [0.4, 0.5) is 0 Å². The molecule has 3 nitrogen and oxygen atoms in total. The minimum atomic E-state index is -1.16. The molecule has 0 aliphatic heterocycles. The van der Waals surface area contributed by atoms with Gasteiger partial charge in [0, 0.05) is 0 Å². The highest BCUT2D eigenvalue weighted by atomic mass is 31.2. The predicted octanol–water partition coefficient (Wildman–Crippen LogP) is 13.2. The zero-order chi connectivity index (χ0) is 27.6. The van der Waals surface area contributed by atoms with Crippen LogP contribution in [0.2, 0.25) is 0 Å². The maximum Gasteiger partial charge on any atom is 0.332 e. The summed E-state index contributed by atoms with van der Waals surface area (Å²) < 4.78 is 18.2. The molecule has 0 amide bonds. The zero-order valence-corrected chi connectivity index (χ0v) is 27.5. The second-order valence-electron chi connectivity index (χ2n) is 11.6. The SMILES string of the molecule is CCCCCCCCCCCCCCOP(OCCCCCC)OCCCCCCCCCCCCCC. The number of hydrogen-bond donors (Lipinski definition) is 0. The molecule has 0 atom stereocenters. The van der Waals surface area contributed by atoms with Crippen LogP contribution < -0.4 is 0 Å². The van der Waals surface area contributed by atoms with E-state index in [0.717, 1.165) is 39.1 Å². The zero-order valence-electron chi connectivity index (χ0n) is 26.6. The Balaban J connectivity index is 3.70. The molecule has 38 heavy (non-hydrogen) atoms. The lowest BCUT2D eigenvalue weighted by Gasteiger charge is -2.17. The summed E-state index contributed by atoms with van der Waals surface area (Å²) in [5.41, 5.74) is 0. The molecule has 0 aromatic carbocycles. The Morgan fingerprint density at radius 1 is 0.263 bits per heavy atom. The van der Waals surface area contributed by atoms with Crippen LogP contribution in [0.25, 0.3) is 0 Å². The molecule has 0 fully saturated rings. The van der Waals surface area contributed by atoms with Crippen molar-refractivity contribution in [3.63, 3.8) is 0 Å². The predicted molar refractivity (Wildman–Crippen MR) is 171 cm³/mol. The quantitative estimate of drug-likeness (QED) is 0.0580. The fourth-order valence-corrected chi connectivity index (χ4v) is 6.00. The third-order valence-corrected chi connectivity index (χ3v) is 8.76. The minimum absolute atomic E-state index is 0.780. The summed E-state index contributed by atoms with van der Waals surface area (Å²) in [6.07, 6.45) is 37.9. The van der Waals surface area contributed by atoms with E-state index in [1.54, 1.807) is 0 Å². The summed E-state index contributed by atoms with van der Waals surface area (Å²) in [6.45, 7) is 9.20. The maximum atomic E-state index is 6.07. The van der Waals surface area contributed by atoms with E-state index in [1.165, 1.54) is 161 Å². The fraction of sp³-hybridized carbons (Fsp3) is 1.00. The van der Waals surface area contributed by atoms with Gasteiger partial charge in [0.05, 0.1) is 19.8 Å². The highest BCUT2D eigenvalue weighted by Gasteiger charge is 2.12. The smallest absolute Gasteiger partial charge is 0.312 e. The second kappa shape index (κ2) is 35.3. The first kappa shape index (κ1) is 38.3. The van der Waals surface area contributed by atoms with Gasteiger partial charge in [0.2, 0.25) is 0 Å². The van der Waals surface area contributed by atoms with Gasteiger partial charge in [0.1, 0.15) is 0 Å². The van der Waals surface area contributed by atoms with Crippen LogP contribution in [0.1, 0.15) is 201 Å². The van der Waals surface area contributed by atoms with Crippen molar-refractivity contribution in [1.29, 1.82) is 0 Å². The lowest BCUT2D eigenvalue weighted by Crippen LogP contribution is -2.00. The van der Waals surface area contributed by atoms with Crippen molar-refractivity contribution in [2.45, 2.75) is 201 Å². The van der Waals surface area contributed by atoms with Gasteiger partial charge in [0.15, 0.2) is 0 Å². The van der Waals surface area contributed by atoms with Crippen molar-refractivity contribution in [3.8, 4) is 0 Å². The van der Waals surface area contributed by atoms with Crippen molar-refractivity contribution < 1.29 is 13.6 Å². The van der Waals surface area contributed by atoms with Gasteiger partial charge in [-0.3, -0.25) is 0 Å². The van der Waals surface area contributed by atoms with Gasteiger partial charge in [-0.15, -0.1) is 0 Å². The fourth-order valence-electron chi connectivity index (χ4n) is 4.94. The van der Waals surface area contributed by atoms with Crippen LogP contribution in [0.15, 0.2) is 0 Å². The van der Waals surface area contributed by atoms with Crippen LogP contribution in [-0.4, -0.2) is 19.8 Å². The van der Waals surface area contributed by atoms with Crippen LogP contribution in [0, 0.1) is 0 Å². The Morgan fingerprint density at radius 2 is 0.447 bits per heavy atom. The van der Waals surface area contributed by atoms with Gasteiger partial charge >= 0.3 is 8.60 Å². The molecule has 0 N–H and O–H groups in total. The molecule has 0 spiro atoms. The summed E-state index contributed by atoms with van der Waals surface area (Å²) in [5, 5.41) is 0. The van der Waals surface area contributed by atoms with E-state index in [1.807, 2.05) is 0 Å². The molecule has 0 rings (SSSR count). The van der Waals surface area contributed by atoms with Crippen LogP contribution in [-0.2, 0) is 13.6 Å². The average Bonchev–Trinajstić information content (AvgIpc) is 2.93. The van der Waals surface area contributed by atoms with E-state index >= 15 is 0 Å². The van der Waals surface area contributed by atoms with Gasteiger partial charge in [-0.05, 0) is 19.3 Å². The Hall–Kier alpha value is 0.310. The minimum Gasteiger partial charge on any atom is -0.312 e. The molecule has 4 heteroatoms. The number of unbranched alkanes of at least 4 members (excludes halogenated alkanes) is 25. The van der Waals surface area contributed by atoms with Crippen LogP contribution >= 0.6 is 8.60 Å². The molecule has 0 aliphatic rings. The molecule has 0 aromatic rings. The molecular formula is C34H71O3P. The molecule has 0 heterocycles. The Kier molecular flexibility index (Phi) is 35.6. The van der Waals surface area contributed by atoms with E-state index in [9.17, 15) is 0 Å². The van der Waals surface area contributed by atoms with Gasteiger partial charge in [-0.1, -0.05) is 181 Å². The van der Waals surface area contributed by atoms with Gasteiger partial charge in [-0.2, -0.15) is 0 Å². The van der Waals surface area contributed by atoms with E-state index in [0.29, 0.717) is 0 Å². The standard InChI is InChI=1S/C34H71O3P/c1-4-7-10-13-15-17-19-21-23-25-27-30-33-36-38(35-32-29-12-9-6-3)37-34-31-28-26-24-22-20-18-16-14-11-8-5-2/h4-34H2,1-3H3. The molecule has 0 unspecified atom stereocenters. The van der Waals surface area contributed by atoms with E-state index in [2.05, 4.69) is 20.8 Å². The summed E-state index contributed by atoms with van der Waals surface area (Å²) >= 11 is 0.